The topological polar surface area (TPSA) is 68.3 Å². The third-order valence-electron chi connectivity index (χ3n) is 3.64. The molecule has 5 nitrogen and oxygen atoms in total. The maximum Gasteiger partial charge on any atom is 0.340 e. The summed E-state index contributed by atoms with van der Waals surface area (Å²) in [5, 5.41) is 3.78. The Morgan fingerprint density at radius 1 is 1.08 bits per heavy atom. The van der Waals surface area contributed by atoms with E-state index >= 15 is 0 Å². The SMILES string of the molecule is CC(C)(C)CC(C)(C)NC(=O)COC(=O)c1cccc2cccnc12. The number of benzene rings is 1. The number of fused-ring (bicyclic) bond motifs is 1. The van der Waals surface area contributed by atoms with Crippen molar-refractivity contribution in [2.24, 2.45) is 5.41 Å². The van der Waals surface area contributed by atoms with Gasteiger partial charge in [0, 0.05) is 17.1 Å². The minimum Gasteiger partial charge on any atom is -0.452 e. The molecule has 1 amide bonds. The molecule has 1 N–H and O–H groups in total. The fraction of sp³-hybridized carbons (Fsp3) is 0.450. The summed E-state index contributed by atoms with van der Waals surface area (Å²) < 4.78 is 5.18. The molecule has 1 heterocycles. The number of ether oxygens (including phenoxy) is 1. The predicted molar refractivity (Wildman–Crippen MR) is 98.3 cm³/mol. The van der Waals surface area contributed by atoms with E-state index in [4.69, 9.17) is 4.74 Å². The van der Waals surface area contributed by atoms with Crippen LogP contribution in [0.25, 0.3) is 10.9 Å². The van der Waals surface area contributed by atoms with Gasteiger partial charge in [-0.2, -0.15) is 0 Å². The van der Waals surface area contributed by atoms with Gasteiger partial charge in [-0.25, -0.2) is 4.79 Å². The third kappa shape index (κ3) is 5.55. The summed E-state index contributed by atoms with van der Waals surface area (Å²) in [7, 11) is 0. The Balaban J connectivity index is 1.98. The fourth-order valence-electron chi connectivity index (χ4n) is 3.26. The molecule has 5 heteroatoms. The van der Waals surface area contributed by atoms with E-state index in [0.29, 0.717) is 11.1 Å². The van der Waals surface area contributed by atoms with Gasteiger partial charge in [-0.15, -0.1) is 0 Å². The highest BCUT2D eigenvalue weighted by Crippen LogP contribution is 2.26. The van der Waals surface area contributed by atoms with E-state index in [1.54, 1.807) is 18.3 Å². The van der Waals surface area contributed by atoms with Crippen LogP contribution in [0.15, 0.2) is 36.5 Å². The molecule has 0 unspecified atom stereocenters. The van der Waals surface area contributed by atoms with Crippen LogP contribution in [0.1, 0.15) is 51.4 Å². The monoisotopic (exact) mass is 342 g/mol. The molecular formula is C20H26N2O3. The van der Waals surface area contributed by atoms with Gasteiger partial charge < -0.3 is 10.1 Å². The van der Waals surface area contributed by atoms with Crippen molar-refractivity contribution < 1.29 is 14.3 Å². The molecule has 0 saturated carbocycles. The smallest absolute Gasteiger partial charge is 0.340 e. The largest absolute Gasteiger partial charge is 0.452 e. The third-order valence-corrected chi connectivity index (χ3v) is 3.64. The average Bonchev–Trinajstić information content (AvgIpc) is 2.49. The zero-order chi connectivity index (χ0) is 18.7. The summed E-state index contributed by atoms with van der Waals surface area (Å²) in [4.78, 5) is 28.7. The van der Waals surface area contributed by atoms with Crippen molar-refractivity contribution in [2.75, 3.05) is 6.61 Å². The van der Waals surface area contributed by atoms with Crippen LogP contribution < -0.4 is 5.32 Å². The van der Waals surface area contributed by atoms with Crippen LogP contribution in [-0.2, 0) is 9.53 Å². The Bertz CT molecular complexity index is 771. The number of nitrogens with one attached hydrogen (secondary N) is 1. The van der Waals surface area contributed by atoms with Crippen molar-refractivity contribution >= 4 is 22.8 Å². The molecule has 0 atom stereocenters. The average molecular weight is 342 g/mol. The lowest BCUT2D eigenvalue weighted by atomic mass is 9.82. The highest BCUT2D eigenvalue weighted by atomic mass is 16.5. The number of amides is 1. The number of hydrogen-bond acceptors (Lipinski definition) is 4. The van der Waals surface area contributed by atoms with Gasteiger partial charge in [0.25, 0.3) is 5.91 Å². The minimum absolute atomic E-state index is 0.0854. The zero-order valence-electron chi connectivity index (χ0n) is 15.6. The van der Waals surface area contributed by atoms with Crippen LogP contribution in [0, 0.1) is 5.41 Å². The highest BCUT2D eigenvalue weighted by molar-refractivity contribution is 6.03. The second-order valence-corrected chi connectivity index (χ2v) is 8.13. The number of pyridine rings is 1. The maximum atomic E-state index is 12.3. The van der Waals surface area contributed by atoms with Crippen molar-refractivity contribution in [3.63, 3.8) is 0 Å². The molecule has 0 bridgehead atoms. The Kier molecular flexibility index (Phi) is 5.45. The van der Waals surface area contributed by atoms with E-state index in [2.05, 4.69) is 31.1 Å². The van der Waals surface area contributed by atoms with E-state index in [9.17, 15) is 9.59 Å². The number of carbonyl (C=O) groups is 2. The van der Waals surface area contributed by atoms with Crippen LogP contribution >= 0.6 is 0 Å². The summed E-state index contributed by atoms with van der Waals surface area (Å²) in [6.45, 7) is 9.98. The molecule has 0 spiro atoms. The molecule has 25 heavy (non-hydrogen) atoms. The first kappa shape index (κ1) is 18.9. The maximum absolute atomic E-state index is 12.3. The molecular weight excluding hydrogens is 316 g/mol. The zero-order valence-corrected chi connectivity index (χ0v) is 15.6. The molecule has 134 valence electrons. The Hall–Kier alpha value is -2.43. The van der Waals surface area contributed by atoms with Crippen molar-refractivity contribution in [1.82, 2.24) is 10.3 Å². The van der Waals surface area contributed by atoms with Gasteiger partial charge in [0.2, 0.25) is 0 Å². The van der Waals surface area contributed by atoms with E-state index < -0.39 is 5.97 Å². The van der Waals surface area contributed by atoms with Gasteiger partial charge in [0.15, 0.2) is 6.61 Å². The number of aromatic nitrogens is 1. The molecule has 0 fully saturated rings. The molecule has 0 saturated heterocycles. The molecule has 0 radical (unpaired) electrons. The van der Waals surface area contributed by atoms with E-state index in [1.165, 1.54) is 0 Å². The molecule has 2 aromatic rings. The van der Waals surface area contributed by atoms with Crippen molar-refractivity contribution in [2.45, 2.75) is 46.6 Å². The van der Waals surface area contributed by atoms with Crippen molar-refractivity contribution in [1.29, 1.82) is 0 Å². The van der Waals surface area contributed by atoms with Crippen LogP contribution in [0.2, 0.25) is 0 Å². The minimum atomic E-state index is -0.548. The standard InChI is InChI=1S/C20H26N2O3/c1-19(2,3)13-20(4,5)22-16(23)12-25-18(24)15-10-6-8-14-9-7-11-21-17(14)15/h6-11H,12-13H2,1-5H3,(H,22,23). The van der Waals surface area contributed by atoms with E-state index in [0.717, 1.165) is 11.8 Å². The van der Waals surface area contributed by atoms with Gasteiger partial charge >= 0.3 is 5.97 Å². The second kappa shape index (κ2) is 7.21. The number of carbonyl (C=O) groups excluding carboxylic acids is 2. The van der Waals surface area contributed by atoms with E-state index in [1.807, 2.05) is 32.0 Å². The second-order valence-electron chi connectivity index (χ2n) is 8.13. The van der Waals surface area contributed by atoms with Gasteiger partial charge in [-0.1, -0.05) is 39.0 Å². The first-order valence-corrected chi connectivity index (χ1v) is 8.39. The molecule has 2 rings (SSSR count). The first-order valence-electron chi connectivity index (χ1n) is 8.39. The van der Waals surface area contributed by atoms with Crippen LogP contribution in [-0.4, -0.2) is 29.0 Å². The molecule has 0 aliphatic rings. The highest BCUT2D eigenvalue weighted by Gasteiger charge is 2.27. The molecule has 1 aromatic carbocycles. The number of rotatable bonds is 5. The number of nitrogens with zero attached hydrogens (tertiary/aromatic N) is 1. The summed E-state index contributed by atoms with van der Waals surface area (Å²) in [5.41, 5.74) is 0.647. The van der Waals surface area contributed by atoms with Gasteiger partial charge in [0.05, 0.1) is 11.1 Å². The molecule has 0 aliphatic carbocycles. The molecule has 0 aliphatic heterocycles. The van der Waals surface area contributed by atoms with E-state index in [-0.39, 0.29) is 23.5 Å². The number of para-hydroxylation sites is 1. The van der Waals surface area contributed by atoms with Crippen molar-refractivity contribution in [3.05, 3.63) is 42.1 Å². The lowest BCUT2D eigenvalue weighted by Gasteiger charge is -2.33. The first-order chi connectivity index (χ1) is 11.6. The van der Waals surface area contributed by atoms with Gasteiger partial charge in [0.1, 0.15) is 0 Å². The quantitative estimate of drug-likeness (QED) is 0.841. The summed E-state index contributed by atoms with van der Waals surface area (Å²) in [5.74, 6) is -0.858. The Labute approximate surface area is 148 Å². The summed E-state index contributed by atoms with van der Waals surface area (Å²) in [6, 6.07) is 8.98. The summed E-state index contributed by atoms with van der Waals surface area (Å²) in [6.07, 6.45) is 2.44. The lowest BCUT2D eigenvalue weighted by Crippen LogP contribution is -2.47. The Morgan fingerprint density at radius 2 is 1.76 bits per heavy atom. The van der Waals surface area contributed by atoms with Crippen LogP contribution in [0.3, 0.4) is 0 Å². The van der Waals surface area contributed by atoms with Gasteiger partial charge in [-0.3, -0.25) is 9.78 Å². The number of esters is 1. The Morgan fingerprint density at radius 3 is 2.44 bits per heavy atom. The normalized spacial score (nSPS) is 12.0. The van der Waals surface area contributed by atoms with Gasteiger partial charge in [-0.05, 0) is 37.8 Å². The van der Waals surface area contributed by atoms with Crippen LogP contribution in [0.5, 0.6) is 0 Å². The lowest BCUT2D eigenvalue weighted by molar-refractivity contribution is -0.126. The fourth-order valence-corrected chi connectivity index (χ4v) is 3.26. The molecule has 1 aromatic heterocycles. The van der Waals surface area contributed by atoms with Crippen molar-refractivity contribution in [3.8, 4) is 0 Å². The number of hydrogen-bond donors (Lipinski definition) is 1. The summed E-state index contributed by atoms with van der Waals surface area (Å²) >= 11 is 0. The predicted octanol–water partition coefficient (Wildman–Crippen LogP) is 3.72. The van der Waals surface area contributed by atoms with Crippen LogP contribution in [0.4, 0.5) is 0 Å².